The molecule has 0 radical (unpaired) electrons. The first-order chi connectivity index (χ1) is 10.3. The lowest BCUT2D eigenvalue weighted by Gasteiger charge is -2.45. The Morgan fingerprint density at radius 1 is 1.10 bits per heavy atom. The molecule has 21 heavy (non-hydrogen) atoms. The Balaban J connectivity index is 1.54. The number of fused-ring (bicyclic) bond motifs is 3. The van der Waals surface area contributed by atoms with Gasteiger partial charge in [0.05, 0.1) is 11.7 Å². The van der Waals surface area contributed by atoms with Gasteiger partial charge in [-0.1, -0.05) is 19.3 Å². The highest BCUT2D eigenvalue weighted by atomic mass is 15.3. The fourth-order valence-electron chi connectivity index (χ4n) is 4.55. The maximum absolute atomic E-state index is 4.80. The predicted octanol–water partition coefficient (Wildman–Crippen LogP) is 3.20. The molecule has 116 valence electrons. The highest BCUT2D eigenvalue weighted by molar-refractivity contribution is 5.32. The van der Waals surface area contributed by atoms with Crippen LogP contribution in [0.15, 0.2) is 6.20 Å². The van der Waals surface area contributed by atoms with Gasteiger partial charge in [-0.2, -0.15) is 0 Å². The molecule has 1 aromatic rings. The fourth-order valence-corrected chi connectivity index (χ4v) is 4.55. The van der Waals surface area contributed by atoms with Gasteiger partial charge in [-0.05, 0) is 51.6 Å². The minimum Gasteiger partial charge on any atom is -0.353 e. The monoisotopic (exact) mass is 288 g/mol. The summed E-state index contributed by atoms with van der Waals surface area (Å²) in [5.74, 6) is 1.99. The molecule has 0 aromatic carbocycles. The summed E-state index contributed by atoms with van der Waals surface area (Å²) in [4.78, 5) is 7.43. The molecule has 5 rings (SSSR count). The Bertz CT molecular complexity index is 481. The number of nitrogens with one attached hydrogen (secondary N) is 1. The van der Waals surface area contributed by atoms with Crippen molar-refractivity contribution in [2.75, 3.05) is 25.0 Å². The van der Waals surface area contributed by atoms with E-state index in [4.69, 9.17) is 4.98 Å². The fraction of sp³-hybridized carbons (Fsp3) is 0.824. The summed E-state index contributed by atoms with van der Waals surface area (Å²) in [5, 5.41) is 3.76. The summed E-state index contributed by atoms with van der Waals surface area (Å²) in [6, 6.07) is 1.28. The van der Waals surface area contributed by atoms with Gasteiger partial charge in [0.2, 0.25) is 5.95 Å². The molecule has 1 aliphatic carbocycles. The lowest BCUT2D eigenvalue weighted by atomic mass is 9.84. The van der Waals surface area contributed by atoms with E-state index in [1.54, 1.807) is 0 Å². The number of hydrogen-bond acceptors (Lipinski definition) is 3. The Morgan fingerprint density at radius 3 is 2.52 bits per heavy atom. The van der Waals surface area contributed by atoms with Crippen LogP contribution in [0.2, 0.25) is 0 Å². The van der Waals surface area contributed by atoms with Crippen molar-refractivity contribution >= 4 is 5.95 Å². The number of rotatable bonds is 3. The lowest BCUT2D eigenvalue weighted by molar-refractivity contribution is 0.0578. The maximum Gasteiger partial charge on any atom is 0.203 e. The summed E-state index contributed by atoms with van der Waals surface area (Å²) in [5.41, 5.74) is 1.16. The van der Waals surface area contributed by atoms with E-state index in [-0.39, 0.29) is 0 Å². The van der Waals surface area contributed by atoms with Gasteiger partial charge in [-0.3, -0.25) is 0 Å². The molecule has 1 N–H and O–H groups in total. The molecule has 1 atom stereocenters. The number of anilines is 1. The van der Waals surface area contributed by atoms with E-state index in [0.29, 0.717) is 12.1 Å². The van der Waals surface area contributed by atoms with Crippen molar-refractivity contribution in [3.63, 3.8) is 0 Å². The van der Waals surface area contributed by atoms with Crippen molar-refractivity contribution in [1.82, 2.24) is 14.5 Å². The lowest BCUT2D eigenvalue weighted by Crippen LogP contribution is -2.48. The first kappa shape index (κ1) is 13.6. The van der Waals surface area contributed by atoms with Crippen molar-refractivity contribution in [3.05, 3.63) is 11.9 Å². The van der Waals surface area contributed by atoms with E-state index < -0.39 is 0 Å². The smallest absolute Gasteiger partial charge is 0.203 e. The number of imidazole rings is 1. The topological polar surface area (TPSA) is 33.1 Å². The molecule has 4 nitrogen and oxygen atoms in total. The van der Waals surface area contributed by atoms with Crippen LogP contribution in [0.3, 0.4) is 0 Å². The molecular weight excluding hydrogens is 260 g/mol. The van der Waals surface area contributed by atoms with E-state index in [1.165, 1.54) is 64.6 Å². The van der Waals surface area contributed by atoms with E-state index in [9.17, 15) is 0 Å². The molecule has 4 aliphatic rings. The van der Waals surface area contributed by atoms with Crippen LogP contribution in [0.1, 0.15) is 56.7 Å². The van der Waals surface area contributed by atoms with Crippen LogP contribution in [0.5, 0.6) is 0 Å². The Hall–Kier alpha value is -1.03. The van der Waals surface area contributed by atoms with Crippen LogP contribution in [0.4, 0.5) is 5.95 Å². The number of aryl methyl sites for hydroxylation is 1. The molecule has 0 spiro atoms. The van der Waals surface area contributed by atoms with Gasteiger partial charge < -0.3 is 14.8 Å². The van der Waals surface area contributed by atoms with E-state index >= 15 is 0 Å². The maximum atomic E-state index is 4.80. The van der Waals surface area contributed by atoms with Crippen molar-refractivity contribution in [2.24, 2.45) is 5.92 Å². The number of hydrogen-bond donors (Lipinski definition) is 1. The van der Waals surface area contributed by atoms with Crippen molar-refractivity contribution < 1.29 is 0 Å². The highest BCUT2D eigenvalue weighted by Crippen LogP contribution is 2.37. The summed E-state index contributed by atoms with van der Waals surface area (Å²) in [6.45, 7) is 5.96. The summed E-state index contributed by atoms with van der Waals surface area (Å²) in [7, 11) is 0. The van der Waals surface area contributed by atoms with Gasteiger partial charge in [-0.25, -0.2) is 4.98 Å². The average Bonchev–Trinajstić information content (AvgIpc) is 2.90. The molecule has 3 saturated heterocycles. The van der Waals surface area contributed by atoms with E-state index in [2.05, 4.69) is 27.9 Å². The summed E-state index contributed by atoms with van der Waals surface area (Å²) in [6.07, 6.45) is 11.8. The molecule has 1 aromatic heterocycles. The Labute approximate surface area is 127 Å². The standard InChI is InChI=1S/C17H28N4/c1-13-11-21(16-12-20-9-7-14(16)8-10-20)17(18-13)19-15-5-3-2-4-6-15/h11,14-16H,2-10,12H2,1H3,(H,18,19). The van der Waals surface area contributed by atoms with Crippen LogP contribution in [0, 0.1) is 12.8 Å². The van der Waals surface area contributed by atoms with Crippen LogP contribution in [-0.2, 0) is 0 Å². The van der Waals surface area contributed by atoms with E-state index in [0.717, 1.165) is 17.6 Å². The van der Waals surface area contributed by atoms with Crippen LogP contribution in [-0.4, -0.2) is 40.1 Å². The second-order valence-electron chi connectivity index (χ2n) is 7.30. The first-order valence-electron chi connectivity index (χ1n) is 8.84. The Morgan fingerprint density at radius 2 is 1.86 bits per heavy atom. The zero-order valence-electron chi connectivity index (χ0n) is 13.2. The van der Waals surface area contributed by atoms with E-state index in [1.807, 2.05) is 0 Å². The van der Waals surface area contributed by atoms with Crippen LogP contribution in [0.25, 0.3) is 0 Å². The largest absolute Gasteiger partial charge is 0.353 e. The summed E-state index contributed by atoms with van der Waals surface area (Å²) < 4.78 is 2.47. The highest BCUT2D eigenvalue weighted by Gasteiger charge is 2.36. The van der Waals surface area contributed by atoms with Crippen LogP contribution < -0.4 is 5.32 Å². The predicted molar refractivity (Wildman–Crippen MR) is 85.7 cm³/mol. The molecular formula is C17H28N4. The molecule has 3 aliphatic heterocycles. The minimum atomic E-state index is 0.639. The molecule has 4 heteroatoms. The van der Waals surface area contributed by atoms with Crippen molar-refractivity contribution in [1.29, 1.82) is 0 Å². The number of nitrogens with zero attached hydrogens (tertiary/aromatic N) is 3. The van der Waals surface area contributed by atoms with Gasteiger partial charge in [0.1, 0.15) is 0 Å². The van der Waals surface area contributed by atoms with Gasteiger partial charge in [0.15, 0.2) is 0 Å². The molecule has 0 amide bonds. The first-order valence-corrected chi connectivity index (χ1v) is 8.84. The molecule has 4 heterocycles. The molecule has 1 unspecified atom stereocenters. The third-order valence-electron chi connectivity index (χ3n) is 5.77. The zero-order chi connectivity index (χ0) is 14.2. The second-order valence-corrected chi connectivity index (χ2v) is 7.30. The van der Waals surface area contributed by atoms with Gasteiger partial charge >= 0.3 is 0 Å². The number of piperidine rings is 3. The van der Waals surface area contributed by atoms with Gasteiger partial charge in [-0.15, -0.1) is 0 Å². The number of aromatic nitrogens is 2. The quantitative estimate of drug-likeness (QED) is 0.927. The Kier molecular flexibility index (Phi) is 3.66. The average molecular weight is 288 g/mol. The zero-order valence-corrected chi connectivity index (χ0v) is 13.2. The van der Waals surface area contributed by atoms with Gasteiger partial charge in [0.25, 0.3) is 0 Å². The second kappa shape index (κ2) is 5.64. The third kappa shape index (κ3) is 2.70. The molecule has 4 fully saturated rings. The SMILES string of the molecule is Cc1cn(C2CN3CCC2CC3)c(NC2CCCCC2)n1. The third-order valence-corrected chi connectivity index (χ3v) is 5.77. The van der Waals surface area contributed by atoms with Crippen molar-refractivity contribution in [3.8, 4) is 0 Å². The van der Waals surface area contributed by atoms with Crippen LogP contribution >= 0.6 is 0 Å². The van der Waals surface area contributed by atoms with Gasteiger partial charge in [0, 0.05) is 18.8 Å². The normalized spacial score (nSPS) is 33.3. The minimum absolute atomic E-state index is 0.639. The van der Waals surface area contributed by atoms with Crippen molar-refractivity contribution in [2.45, 2.75) is 64.0 Å². The molecule has 1 saturated carbocycles. The molecule has 2 bridgehead atoms. The summed E-state index contributed by atoms with van der Waals surface area (Å²) >= 11 is 0.